The molecule has 0 spiro atoms. The summed E-state index contributed by atoms with van der Waals surface area (Å²) >= 11 is 5.63. The van der Waals surface area contributed by atoms with Crippen LogP contribution in [-0.4, -0.2) is 5.91 Å². The largest absolute Gasteiger partial charge is 0.369 e. The third-order valence-corrected chi connectivity index (χ3v) is 1.54. The minimum absolute atomic E-state index is 0. The van der Waals surface area contributed by atoms with E-state index in [-0.39, 0.29) is 24.7 Å². The normalized spacial score (nSPS) is 8.75. The van der Waals surface area contributed by atoms with Crippen LogP contribution in [0.4, 0.5) is 0 Å². The van der Waals surface area contributed by atoms with Crippen LogP contribution in [0.1, 0.15) is 5.56 Å². The number of rotatable bonds is 2. The van der Waals surface area contributed by atoms with Gasteiger partial charge < -0.3 is 5.73 Å². The topological polar surface area (TPSA) is 43.1 Å². The minimum Gasteiger partial charge on any atom is -0.369 e. The molecule has 2 nitrogen and oxygen atoms in total. The number of carbonyl (C=O) groups is 1. The molecule has 0 aliphatic heterocycles. The average Bonchev–Trinajstić information content (AvgIpc) is 1.93. The van der Waals surface area contributed by atoms with Gasteiger partial charge in [0.2, 0.25) is 5.91 Å². The Bertz CT molecular complexity index is 258. The standard InChI is InChI=1S/C8H8ClNO.ClH/c9-7-3-1-6(2-4-7)5-8(10)11;/h1-4H,5H2,(H2,10,11);1H. The monoisotopic (exact) mass is 205 g/mol. The zero-order chi connectivity index (χ0) is 8.27. The van der Waals surface area contributed by atoms with E-state index in [1.54, 1.807) is 24.3 Å². The van der Waals surface area contributed by atoms with Crippen molar-refractivity contribution < 1.29 is 4.79 Å². The summed E-state index contributed by atoms with van der Waals surface area (Å²) in [5, 5.41) is 0.665. The molecule has 1 amide bonds. The molecule has 1 rings (SSSR count). The Morgan fingerprint density at radius 2 is 1.83 bits per heavy atom. The van der Waals surface area contributed by atoms with Crippen LogP contribution in [0.25, 0.3) is 0 Å². The highest BCUT2D eigenvalue weighted by Crippen LogP contribution is 2.09. The molecule has 0 heterocycles. The first kappa shape index (κ1) is 11.3. The van der Waals surface area contributed by atoms with E-state index in [1.165, 1.54) is 0 Å². The van der Waals surface area contributed by atoms with Gasteiger partial charge in [0.05, 0.1) is 6.42 Å². The second-order valence-corrected chi connectivity index (χ2v) is 2.71. The van der Waals surface area contributed by atoms with Gasteiger partial charge >= 0.3 is 0 Å². The maximum absolute atomic E-state index is 10.4. The molecule has 0 saturated carbocycles. The number of benzene rings is 1. The molecule has 1 aromatic carbocycles. The van der Waals surface area contributed by atoms with Gasteiger partial charge in [-0.2, -0.15) is 0 Å². The molecule has 0 aliphatic rings. The van der Waals surface area contributed by atoms with E-state index in [0.29, 0.717) is 5.02 Å². The number of halogens is 2. The summed E-state index contributed by atoms with van der Waals surface area (Å²) in [5.41, 5.74) is 5.88. The highest BCUT2D eigenvalue weighted by atomic mass is 35.5. The summed E-state index contributed by atoms with van der Waals surface area (Å²) < 4.78 is 0. The summed E-state index contributed by atoms with van der Waals surface area (Å²) in [7, 11) is 0. The van der Waals surface area contributed by atoms with Crippen LogP contribution in [0, 0.1) is 0 Å². The van der Waals surface area contributed by atoms with Gasteiger partial charge in [-0.25, -0.2) is 0 Å². The molecule has 0 radical (unpaired) electrons. The van der Waals surface area contributed by atoms with Crippen LogP contribution in [-0.2, 0) is 11.2 Å². The Labute approximate surface area is 82.1 Å². The predicted molar refractivity (Wildman–Crippen MR) is 51.6 cm³/mol. The number of hydrogen-bond donors (Lipinski definition) is 1. The van der Waals surface area contributed by atoms with Crippen molar-refractivity contribution in [3.8, 4) is 0 Å². The Hall–Kier alpha value is -0.730. The number of primary amides is 1. The smallest absolute Gasteiger partial charge is 0.221 e. The van der Waals surface area contributed by atoms with Gasteiger partial charge in [-0.3, -0.25) is 4.79 Å². The molecular formula is C8H9Cl2NO. The highest BCUT2D eigenvalue weighted by Gasteiger charge is 1.96. The predicted octanol–water partition coefficient (Wildman–Crippen LogP) is 1.79. The van der Waals surface area contributed by atoms with Gasteiger partial charge in [0, 0.05) is 5.02 Å². The summed E-state index contributed by atoms with van der Waals surface area (Å²) in [6.45, 7) is 0. The van der Waals surface area contributed by atoms with Crippen molar-refractivity contribution in [2.75, 3.05) is 0 Å². The van der Waals surface area contributed by atoms with Crippen LogP contribution in [0.15, 0.2) is 24.3 Å². The lowest BCUT2D eigenvalue weighted by atomic mass is 10.1. The van der Waals surface area contributed by atoms with Gasteiger partial charge in [0.25, 0.3) is 0 Å². The van der Waals surface area contributed by atoms with Crippen molar-refractivity contribution >= 4 is 29.9 Å². The van der Waals surface area contributed by atoms with Crippen molar-refractivity contribution in [1.29, 1.82) is 0 Å². The van der Waals surface area contributed by atoms with E-state index >= 15 is 0 Å². The molecule has 0 bridgehead atoms. The molecule has 0 aromatic heterocycles. The van der Waals surface area contributed by atoms with E-state index in [4.69, 9.17) is 17.3 Å². The summed E-state index contributed by atoms with van der Waals surface area (Å²) in [5.74, 6) is -0.327. The summed E-state index contributed by atoms with van der Waals surface area (Å²) in [6.07, 6.45) is 0.275. The summed E-state index contributed by atoms with van der Waals surface area (Å²) in [6, 6.07) is 7.04. The lowest BCUT2D eigenvalue weighted by Gasteiger charge is -1.95. The molecule has 4 heteroatoms. The van der Waals surface area contributed by atoms with Gasteiger partial charge in [-0.15, -0.1) is 12.4 Å². The first-order valence-corrected chi connectivity index (χ1v) is 3.59. The van der Waals surface area contributed by atoms with Gasteiger partial charge in [-0.1, -0.05) is 23.7 Å². The Morgan fingerprint density at radius 1 is 1.33 bits per heavy atom. The SMILES string of the molecule is Cl.NC(=O)Cc1ccc(Cl)cc1. The van der Waals surface area contributed by atoms with E-state index in [1.807, 2.05) is 0 Å². The van der Waals surface area contributed by atoms with Crippen LogP contribution < -0.4 is 5.73 Å². The van der Waals surface area contributed by atoms with Crippen LogP contribution in [0.5, 0.6) is 0 Å². The average molecular weight is 206 g/mol. The molecule has 66 valence electrons. The lowest BCUT2D eigenvalue weighted by molar-refractivity contribution is -0.117. The molecule has 0 atom stereocenters. The number of nitrogens with two attached hydrogens (primary N) is 1. The highest BCUT2D eigenvalue weighted by molar-refractivity contribution is 6.30. The molecule has 12 heavy (non-hydrogen) atoms. The third-order valence-electron chi connectivity index (χ3n) is 1.29. The number of hydrogen-bond acceptors (Lipinski definition) is 1. The Kier molecular flexibility index (Phi) is 4.71. The fourth-order valence-corrected chi connectivity index (χ4v) is 0.929. The van der Waals surface area contributed by atoms with Crippen LogP contribution in [0.3, 0.4) is 0 Å². The zero-order valence-corrected chi connectivity index (χ0v) is 7.86. The second kappa shape index (κ2) is 5.01. The van der Waals surface area contributed by atoms with Gasteiger partial charge in [-0.05, 0) is 17.7 Å². The molecule has 0 unspecified atom stereocenters. The lowest BCUT2D eigenvalue weighted by Crippen LogP contribution is -2.13. The van der Waals surface area contributed by atoms with Crippen molar-refractivity contribution in [2.24, 2.45) is 5.73 Å². The molecular weight excluding hydrogens is 197 g/mol. The molecule has 0 aliphatic carbocycles. The van der Waals surface area contributed by atoms with Gasteiger partial charge in [0.1, 0.15) is 0 Å². The fourth-order valence-electron chi connectivity index (χ4n) is 0.803. The van der Waals surface area contributed by atoms with Crippen LogP contribution >= 0.6 is 24.0 Å². The quantitative estimate of drug-likeness (QED) is 0.787. The minimum atomic E-state index is -0.327. The first-order valence-electron chi connectivity index (χ1n) is 3.21. The summed E-state index contributed by atoms with van der Waals surface area (Å²) in [4.78, 5) is 10.4. The molecule has 0 fully saturated rings. The zero-order valence-electron chi connectivity index (χ0n) is 6.29. The Morgan fingerprint density at radius 3 is 2.25 bits per heavy atom. The molecule has 2 N–H and O–H groups in total. The van der Waals surface area contributed by atoms with Crippen molar-refractivity contribution in [3.05, 3.63) is 34.9 Å². The van der Waals surface area contributed by atoms with Gasteiger partial charge in [0.15, 0.2) is 0 Å². The van der Waals surface area contributed by atoms with E-state index < -0.39 is 0 Å². The van der Waals surface area contributed by atoms with E-state index in [9.17, 15) is 4.79 Å². The third kappa shape index (κ3) is 3.60. The maximum atomic E-state index is 10.4. The molecule has 0 saturated heterocycles. The van der Waals surface area contributed by atoms with E-state index in [0.717, 1.165) is 5.56 Å². The number of amides is 1. The van der Waals surface area contributed by atoms with Crippen molar-refractivity contribution in [3.63, 3.8) is 0 Å². The maximum Gasteiger partial charge on any atom is 0.221 e. The first-order chi connectivity index (χ1) is 5.18. The fraction of sp³-hybridized carbons (Fsp3) is 0.125. The Balaban J connectivity index is 0.00000121. The van der Waals surface area contributed by atoms with E-state index in [2.05, 4.69) is 0 Å². The van der Waals surface area contributed by atoms with Crippen molar-refractivity contribution in [2.45, 2.75) is 6.42 Å². The second-order valence-electron chi connectivity index (χ2n) is 2.27. The van der Waals surface area contributed by atoms with Crippen molar-refractivity contribution in [1.82, 2.24) is 0 Å². The van der Waals surface area contributed by atoms with Crippen LogP contribution in [0.2, 0.25) is 5.02 Å². The molecule has 1 aromatic rings. The number of carbonyl (C=O) groups excluding carboxylic acids is 1.